The van der Waals surface area contributed by atoms with Gasteiger partial charge in [0.25, 0.3) is 0 Å². The average molecular weight is 300 g/mol. The van der Waals surface area contributed by atoms with Crippen LogP contribution < -0.4 is 0 Å². The van der Waals surface area contributed by atoms with Crippen molar-refractivity contribution in [1.82, 2.24) is 9.80 Å². The molecule has 0 spiro atoms. The molecule has 0 radical (unpaired) electrons. The molecule has 120 valence electrons. The van der Waals surface area contributed by atoms with Gasteiger partial charge in [-0.15, -0.1) is 0 Å². The van der Waals surface area contributed by atoms with Crippen LogP contribution in [0.15, 0.2) is 30.3 Å². The van der Waals surface area contributed by atoms with Gasteiger partial charge < -0.3 is 10.0 Å². The van der Waals surface area contributed by atoms with E-state index >= 15 is 0 Å². The number of fused-ring (bicyclic) bond motifs is 1. The second kappa shape index (κ2) is 6.31. The Kier molecular flexibility index (Phi) is 4.21. The Morgan fingerprint density at radius 1 is 1.05 bits per heavy atom. The fourth-order valence-electron chi connectivity index (χ4n) is 4.64. The van der Waals surface area contributed by atoms with Crippen molar-refractivity contribution in [3.8, 4) is 0 Å². The number of aliphatic hydroxyl groups is 1. The average Bonchev–Trinajstić information content (AvgIpc) is 2.92. The first-order valence-corrected chi connectivity index (χ1v) is 8.98. The van der Waals surface area contributed by atoms with Crippen molar-refractivity contribution in [3.63, 3.8) is 0 Å². The summed E-state index contributed by atoms with van der Waals surface area (Å²) in [4.78, 5) is 5.31. The van der Waals surface area contributed by atoms with Crippen LogP contribution in [0.5, 0.6) is 0 Å². The number of aliphatic hydroxyl groups excluding tert-OH is 1. The summed E-state index contributed by atoms with van der Waals surface area (Å²) in [5.41, 5.74) is 1.45. The van der Waals surface area contributed by atoms with Crippen LogP contribution in [0, 0.1) is 11.8 Å². The minimum Gasteiger partial charge on any atom is -0.393 e. The highest BCUT2D eigenvalue weighted by Gasteiger charge is 2.47. The molecule has 0 amide bonds. The summed E-state index contributed by atoms with van der Waals surface area (Å²) in [6.45, 7) is 6.08. The first-order valence-electron chi connectivity index (χ1n) is 8.98. The van der Waals surface area contributed by atoms with Crippen molar-refractivity contribution in [2.45, 2.75) is 37.8 Å². The lowest BCUT2D eigenvalue weighted by molar-refractivity contribution is -0.00456. The molecule has 1 aromatic carbocycles. The van der Waals surface area contributed by atoms with Gasteiger partial charge in [0.2, 0.25) is 0 Å². The lowest BCUT2D eigenvalue weighted by atomic mass is 9.74. The SMILES string of the molecule is O[C@@H]1C[C@@H]2CN(C3CCN(CCc4ccccc4)CC3)C[C@@H]21. The van der Waals surface area contributed by atoms with Crippen LogP contribution >= 0.6 is 0 Å². The molecule has 0 bridgehead atoms. The van der Waals surface area contributed by atoms with Crippen molar-refractivity contribution in [3.05, 3.63) is 35.9 Å². The van der Waals surface area contributed by atoms with Crippen LogP contribution in [-0.4, -0.2) is 59.8 Å². The maximum Gasteiger partial charge on any atom is 0.0587 e. The Morgan fingerprint density at radius 2 is 1.82 bits per heavy atom. The van der Waals surface area contributed by atoms with E-state index < -0.39 is 0 Å². The molecule has 4 rings (SSSR count). The van der Waals surface area contributed by atoms with Gasteiger partial charge in [-0.05, 0) is 50.3 Å². The molecule has 1 saturated carbocycles. The molecule has 1 aromatic rings. The van der Waals surface area contributed by atoms with E-state index in [1.54, 1.807) is 0 Å². The molecule has 2 heterocycles. The van der Waals surface area contributed by atoms with E-state index in [1.165, 1.54) is 51.0 Å². The molecule has 0 unspecified atom stereocenters. The van der Waals surface area contributed by atoms with Gasteiger partial charge in [0.15, 0.2) is 0 Å². The van der Waals surface area contributed by atoms with E-state index in [0.29, 0.717) is 5.92 Å². The standard InChI is InChI=1S/C19H28N2O/c22-19-12-16-13-21(14-18(16)19)17-7-10-20(11-8-17)9-6-15-4-2-1-3-5-15/h1-5,16-19,22H,6-14H2/t16-,18+,19-/m1/s1. The van der Waals surface area contributed by atoms with Crippen LogP contribution in [-0.2, 0) is 6.42 Å². The molecule has 3 nitrogen and oxygen atoms in total. The number of benzene rings is 1. The Labute approximate surface area is 133 Å². The molecular weight excluding hydrogens is 272 g/mol. The lowest BCUT2D eigenvalue weighted by Crippen LogP contribution is -2.44. The minimum absolute atomic E-state index is 0.000890. The Morgan fingerprint density at radius 3 is 2.50 bits per heavy atom. The van der Waals surface area contributed by atoms with Crippen LogP contribution in [0.4, 0.5) is 0 Å². The monoisotopic (exact) mass is 300 g/mol. The fraction of sp³-hybridized carbons (Fsp3) is 0.684. The van der Waals surface area contributed by atoms with Gasteiger partial charge in [0.1, 0.15) is 0 Å². The van der Waals surface area contributed by atoms with E-state index in [0.717, 1.165) is 24.9 Å². The smallest absolute Gasteiger partial charge is 0.0587 e. The Bertz CT molecular complexity index is 483. The molecule has 3 fully saturated rings. The van der Waals surface area contributed by atoms with Crippen molar-refractivity contribution in [2.75, 3.05) is 32.7 Å². The lowest BCUT2D eigenvalue weighted by Gasteiger charge is -2.36. The summed E-state index contributed by atoms with van der Waals surface area (Å²) < 4.78 is 0. The van der Waals surface area contributed by atoms with Gasteiger partial charge >= 0.3 is 0 Å². The number of likely N-dealkylation sites (tertiary alicyclic amines) is 2. The maximum absolute atomic E-state index is 9.82. The molecule has 3 atom stereocenters. The molecule has 22 heavy (non-hydrogen) atoms. The summed E-state index contributed by atoms with van der Waals surface area (Å²) in [5, 5.41) is 9.82. The Balaban J connectivity index is 1.22. The Hall–Kier alpha value is -0.900. The zero-order valence-corrected chi connectivity index (χ0v) is 13.4. The fourth-order valence-corrected chi connectivity index (χ4v) is 4.64. The zero-order chi connectivity index (χ0) is 14.9. The molecule has 3 aliphatic rings. The van der Waals surface area contributed by atoms with Gasteiger partial charge in [-0.1, -0.05) is 30.3 Å². The quantitative estimate of drug-likeness (QED) is 0.921. The second-order valence-electron chi connectivity index (χ2n) is 7.49. The second-order valence-corrected chi connectivity index (χ2v) is 7.49. The molecule has 1 N–H and O–H groups in total. The summed E-state index contributed by atoms with van der Waals surface area (Å²) in [6.07, 6.45) is 4.85. The number of piperidine rings is 1. The number of nitrogens with zero attached hydrogens (tertiary/aromatic N) is 2. The molecule has 0 aromatic heterocycles. The highest BCUT2D eigenvalue weighted by molar-refractivity contribution is 5.14. The number of hydrogen-bond acceptors (Lipinski definition) is 3. The highest BCUT2D eigenvalue weighted by Crippen LogP contribution is 2.42. The largest absolute Gasteiger partial charge is 0.393 e. The third-order valence-corrected chi connectivity index (χ3v) is 6.19. The number of hydrogen-bond donors (Lipinski definition) is 1. The van der Waals surface area contributed by atoms with E-state index in [2.05, 4.69) is 40.1 Å². The molecule has 2 saturated heterocycles. The van der Waals surface area contributed by atoms with Crippen LogP contribution in [0.1, 0.15) is 24.8 Å². The van der Waals surface area contributed by atoms with Gasteiger partial charge in [-0.3, -0.25) is 4.90 Å². The van der Waals surface area contributed by atoms with Gasteiger partial charge in [0.05, 0.1) is 6.10 Å². The van der Waals surface area contributed by atoms with Crippen molar-refractivity contribution in [2.24, 2.45) is 11.8 Å². The zero-order valence-electron chi connectivity index (χ0n) is 13.4. The highest BCUT2D eigenvalue weighted by atomic mass is 16.3. The third-order valence-electron chi connectivity index (χ3n) is 6.19. The summed E-state index contributed by atoms with van der Waals surface area (Å²) in [6, 6.07) is 11.6. The van der Waals surface area contributed by atoms with Gasteiger partial charge in [-0.2, -0.15) is 0 Å². The first-order chi connectivity index (χ1) is 10.8. The maximum atomic E-state index is 9.82. The van der Waals surface area contributed by atoms with E-state index in [-0.39, 0.29) is 6.10 Å². The normalized spacial score (nSPS) is 33.6. The molecular formula is C19H28N2O. The van der Waals surface area contributed by atoms with Gasteiger partial charge in [-0.25, -0.2) is 0 Å². The van der Waals surface area contributed by atoms with Crippen LogP contribution in [0.25, 0.3) is 0 Å². The van der Waals surface area contributed by atoms with E-state index in [9.17, 15) is 5.11 Å². The predicted molar refractivity (Wildman–Crippen MR) is 88.8 cm³/mol. The van der Waals surface area contributed by atoms with Crippen molar-refractivity contribution >= 4 is 0 Å². The minimum atomic E-state index is 0.000890. The molecule has 2 aliphatic heterocycles. The molecule has 3 heteroatoms. The van der Waals surface area contributed by atoms with Gasteiger partial charge in [0, 0.05) is 31.6 Å². The van der Waals surface area contributed by atoms with E-state index in [4.69, 9.17) is 0 Å². The van der Waals surface area contributed by atoms with Crippen LogP contribution in [0.2, 0.25) is 0 Å². The van der Waals surface area contributed by atoms with Crippen molar-refractivity contribution in [1.29, 1.82) is 0 Å². The summed E-state index contributed by atoms with van der Waals surface area (Å²) in [7, 11) is 0. The predicted octanol–water partition coefficient (Wildman–Crippen LogP) is 2.01. The first kappa shape index (κ1) is 14.7. The van der Waals surface area contributed by atoms with Crippen LogP contribution in [0.3, 0.4) is 0 Å². The third kappa shape index (κ3) is 2.94. The summed E-state index contributed by atoms with van der Waals surface area (Å²) >= 11 is 0. The topological polar surface area (TPSA) is 26.7 Å². The van der Waals surface area contributed by atoms with Crippen molar-refractivity contribution < 1.29 is 5.11 Å². The molecule has 1 aliphatic carbocycles. The van der Waals surface area contributed by atoms with E-state index in [1.807, 2.05) is 0 Å². The summed E-state index contributed by atoms with van der Waals surface area (Å²) in [5.74, 6) is 1.39. The number of rotatable bonds is 4.